The summed E-state index contributed by atoms with van der Waals surface area (Å²) in [5, 5.41) is 2.60. The lowest BCUT2D eigenvalue weighted by atomic mass is 9.93. The molecular formula is C17H20F3N3O. The van der Waals surface area contributed by atoms with Gasteiger partial charge in [-0.2, -0.15) is 13.2 Å². The van der Waals surface area contributed by atoms with Crippen LogP contribution in [-0.4, -0.2) is 22.1 Å². The molecule has 1 N–H and O–H groups in total. The van der Waals surface area contributed by atoms with Crippen molar-refractivity contribution in [2.45, 2.75) is 45.7 Å². The van der Waals surface area contributed by atoms with E-state index in [2.05, 4.69) is 15.3 Å². The number of hydrogen-bond donors (Lipinski definition) is 1. The van der Waals surface area contributed by atoms with Crippen LogP contribution in [0.4, 0.5) is 19.0 Å². The molecule has 0 radical (unpaired) electrons. The second-order valence-corrected chi connectivity index (χ2v) is 6.82. The van der Waals surface area contributed by atoms with Gasteiger partial charge in [-0.25, -0.2) is 4.98 Å². The number of alkyl halides is 3. The normalized spacial score (nSPS) is 23.8. The molecule has 130 valence electrons. The quantitative estimate of drug-likeness (QED) is 0.897. The van der Waals surface area contributed by atoms with E-state index in [0.29, 0.717) is 5.57 Å². The first-order chi connectivity index (χ1) is 11.3. The van der Waals surface area contributed by atoms with Gasteiger partial charge in [-0.15, -0.1) is 0 Å². The number of allylic oxidation sites excluding steroid dienone is 2. The van der Waals surface area contributed by atoms with Crippen LogP contribution in [0, 0.1) is 17.8 Å². The SMILES string of the molecule is CC(C)C(=O)Nc1cnc(C2=C(C(F)(F)F)CC3CCCC23)cn1. The Labute approximate surface area is 138 Å². The van der Waals surface area contributed by atoms with Crippen molar-refractivity contribution in [2.24, 2.45) is 17.8 Å². The van der Waals surface area contributed by atoms with E-state index in [1.807, 2.05) is 0 Å². The molecule has 1 heterocycles. The summed E-state index contributed by atoms with van der Waals surface area (Å²) < 4.78 is 40.1. The summed E-state index contributed by atoms with van der Waals surface area (Å²) in [5.74, 6) is -0.164. The molecule has 0 aromatic carbocycles. The summed E-state index contributed by atoms with van der Waals surface area (Å²) in [6, 6.07) is 0. The average Bonchev–Trinajstić information content (AvgIpc) is 3.08. The van der Waals surface area contributed by atoms with Crippen LogP contribution < -0.4 is 5.32 Å². The molecule has 2 aliphatic rings. The van der Waals surface area contributed by atoms with E-state index < -0.39 is 11.7 Å². The van der Waals surface area contributed by atoms with Gasteiger partial charge < -0.3 is 5.32 Å². The van der Waals surface area contributed by atoms with Crippen molar-refractivity contribution < 1.29 is 18.0 Å². The zero-order chi connectivity index (χ0) is 17.5. The predicted molar refractivity (Wildman–Crippen MR) is 83.9 cm³/mol. The molecule has 1 fully saturated rings. The standard InChI is InChI=1S/C17H20F3N3O/c1-9(2)16(24)23-14-8-21-13(7-22-14)15-11-5-3-4-10(11)6-12(15)17(18,19)20/h7-11H,3-6H2,1-2H3,(H,22,23,24). The number of nitrogens with one attached hydrogen (secondary N) is 1. The number of halogens is 3. The number of carbonyl (C=O) groups excluding carboxylic acids is 1. The highest BCUT2D eigenvalue weighted by Crippen LogP contribution is 2.54. The topological polar surface area (TPSA) is 54.9 Å². The summed E-state index contributed by atoms with van der Waals surface area (Å²) in [6.07, 6.45) is 0.996. The maximum atomic E-state index is 13.4. The van der Waals surface area contributed by atoms with Crippen LogP contribution >= 0.6 is 0 Å². The highest BCUT2D eigenvalue weighted by Gasteiger charge is 2.48. The fraction of sp³-hybridized carbons (Fsp3) is 0.588. The summed E-state index contributed by atoms with van der Waals surface area (Å²) in [7, 11) is 0. The van der Waals surface area contributed by atoms with Crippen molar-refractivity contribution in [3.05, 3.63) is 23.7 Å². The maximum Gasteiger partial charge on any atom is 0.413 e. The van der Waals surface area contributed by atoms with Crippen molar-refractivity contribution in [3.8, 4) is 0 Å². The Hall–Kier alpha value is -1.92. The Morgan fingerprint density at radius 1 is 1.25 bits per heavy atom. The van der Waals surface area contributed by atoms with Crippen molar-refractivity contribution >= 4 is 17.3 Å². The van der Waals surface area contributed by atoms with E-state index in [1.54, 1.807) is 13.8 Å². The third kappa shape index (κ3) is 3.16. The second-order valence-electron chi connectivity index (χ2n) is 6.82. The van der Waals surface area contributed by atoms with Crippen LogP contribution in [0.25, 0.3) is 5.57 Å². The number of hydrogen-bond acceptors (Lipinski definition) is 3. The zero-order valence-electron chi connectivity index (χ0n) is 13.7. The van der Waals surface area contributed by atoms with Crippen molar-refractivity contribution in [1.29, 1.82) is 0 Å². The summed E-state index contributed by atoms with van der Waals surface area (Å²) in [4.78, 5) is 19.9. The number of anilines is 1. The number of amides is 1. The van der Waals surface area contributed by atoms with Gasteiger partial charge in [0.15, 0.2) is 5.82 Å². The molecule has 1 aromatic heterocycles. The van der Waals surface area contributed by atoms with E-state index >= 15 is 0 Å². The van der Waals surface area contributed by atoms with Crippen LogP contribution in [0.15, 0.2) is 18.0 Å². The molecule has 3 rings (SSSR count). The van der Waals surface area contributed by atoms with Gasteiger partial charge in [0.25, 0.3) is 0 Å². The van der Waals surface area contributed by atoms with E-state index in [1.165, 1.54) is 12.4 Å². The number of carbonyl (C=O) groups is 1. The fourth-order valence-electron chi connectivity index (χ4n) is 3.67. The molecule has 1 saturated carbocycles. The minimum atomic E-state index is -4.33. The van der Waals surface area contributed by atoms with E-state index in [9.17, 15) is 18.0 Å². The summed E-state index contributed by atoms with van der Waals surface area (Å²) >= 11 is 0. The van der Waals surface area contributed by atoms with E-state index in [4.69, 9.17) is 0 Å². The van der Waals surface area contributed by atoms with Crippen molar-refractivity contribution in [1.82, 2.24) is 9.97 Å². The summed E-state index contributed by atoms with van der Waals surface area (Å²) in [5.41, 5.74) is 0.129. The average molecular weight is 339 g/mol. The minimum absolute atomic E-state index is 0.0683. The van der Waals surface area contributed by atoms with Gasteiger partial charge in [-0.05, 0) is 36.7 Å². The van der Waals surface area contributed by atoms with Crippen LogP contribution in [0.5, 0.6) is 0 Å². The Morgan fingerprint density at radius 2 is 2.00 bits per heavy atom. The Morgan fingerprint density at radius 3 is 2.58 bits per heavy atom. The largest absolute Gasteiger partial charge is 0.413 e. The van der Waals surface area contributed by atoms with Gasteiger partial charge in [0.2, 0.25) is 5.91 Å². The smallest absolute Gasteiger partial charge is 0.309 e. The third-order valence-corrected chi connectivity index (χ3v) is 4.87. The number of rotatable bonds is 3. The first-order valence-electron chi connectivity index (χ1n) is 8.21. The van der Waals surface area contributed by atoms with E-state index in [0.717, 1.165) is 19.3 Å². The van der Waals surface area contributed by atoms with Gasteiger partial charge in [0, 0.05) is 11.5 Å². The van der Waals surface area contributed by atoms with Crippen molar-refractivity contribution in [2.75, 3.05) is 5.32 Å². The lowest BCUT2D eigenvalue weighted by Crippen LogP contribution is -2.19. The van der Waals surface area contributed by atoms with Crippen LogP contribution in [0.3, 0.4) is 0 Å². The fourth-order valence-corrected chi connectivity index (χ4v) is 3.67. The predicted octanol–water partition coefficient (Wildman–Crippen LogP) is 4.21. The first-order valence-corrected chi connectivity index (χ1v) is 8.21. The Bertz CT molecular complexity index is 665. The molecule has 0 spiro atoms. The molecule has 0 bridgehead atoms. The molecule has 2 unspecified atom stereocenters. The molecule has 4 nitrogen and oxygen atoms in total. The third-order valence-electron chi connectivity index (χ3n) is 4.87. The van der Waals surface area contributed by atoms with Crippen LogP contribution in [0.2, 0.25) is 0 Å². The molecule has 2 atom stereocenters. The van der Waals surface area contributed by atoms with Gasteiger partial charge in [0.1, 0.15) is 0 Å². The Balaban J connectivity index is 1.90. The van der Waals surface area contributed by atoms with Crippen LogP contribution in [0.1, 0.15) is 45.2 Å². The number of nitrogens with zero attached hydrogens (tertiary/aromatic N) is 2. The maximum absolute atomic E-state index is 13.4. The van der Waals surface area contributed by atoms with Gasteiger partial charge in [0.05, 0.1) is 18.1 Å². The second kappa shape index (κ2) is 6.18. The minimum Gasteiger partial charge on any atom is -0.309 e. The highest BCUT2D eigenvalue weighted by atomic mass is 19.4. The molecular weight excluding hydrogens is 319 g/mol. The first kappa shape index (κ1) is 16.9. The number of aromatic nitrogens is 2. The Kier molecular flexibility index (Phi) is 4.36. The number of fused-ring (bicyclic) bond motifs is 1. The molecule has 0 aliphatic heterocycles. The van der Waals surface area contributed by atoms with Gasteiger partial charge in [-0.1, -0.05) is 20.3 Å². The molecule has 24 heavy (non-hydrogen) atoms. The molecule has 1 amide bonds. The monoisotopic (exact) mass is 339 g/mol. The molecule has 7 heteroatoms. The lowest BCUT2D eigenvalue weighted by Gasteiger charge is -2.15. The van der Waals surface area contributed by atoms with Crippen molar-refractivity contribution in [3.63, 3.8) is 0 Å². The molecule has 2 aliphatic carbocycles. The summed E-state index contributed by atoms with van der Waals surface area (Å²) in [6.45, 7) is 3.49. The van der Waals surface area contributed by atoms with Crippen LogP contribution in [-0.2, 0) is 4.79 Å². The van der Waals surface area contributed by atoms with Gasteiger partial charge in [-0.3, -0.25) is 9.78 Å². The molecule has 1 aromatic rings. The van der Waals surface area contributed by atoms with Gasteiger partial charge >= 0.3 is 6.18 Å². The zero-order valence-corrected chi connectivity index (χ0v) is 13.7. The van der Waals surface area contributed by atoms with E-state index in [-0.39, 0.29) is 41.6 Å². The highest BCUT2D eigenvalue weighted by molar-refractivity contribution is 5.91. The molecule has 0 saturated heterocycles. The lowest BCUT2D eigenvalue weighted by molar-refractivity contribution is -0.118.